The summed E-state index contributed by atoms with van der Waals surface area (Å²) in [6.07, 6.45) is 0.443. The molecule has 0 bridgehead atoms. The van der Waals surface area contributed by atoms with Crippen molar-refractivity contribution in [3.63, 3.8) is 0 Å². The molecular weight excluding hydrogens is 344 g/mol. The van der Waals surface area contributed by atoms with E-state index in [9.17, 15) is 9.59 Å². The number of benzene rings is 1. The molecule has 1 rings (SSSR count). The third-order valence-corrected chi connectivity index (χ3v) is 3.42. The van der Waals surface area contributed by atoms with E-state index in [1.165, 1.54) is 0 Å². The summed E-state index contributed by atoms with van der Waals surface area (Å²) in [5.41, 5.74) is -0.524. The van der Waals surface area contributed by atoms with Gasteiger partial charge in [0.25, 0.3) is 0 Å². The van der Waals surface area contributed by atoms with Crippen molar-refractivity contribution >= 4 is 23.6 Å². The molecule has 1 N–H and O–H groups in total. The van der Waals surface area contributed by atoms with Crippen molar-refractivity contribution in [2.24, 2.45) is 0 Å². The lowest BCUT2D eigenvalue weighted by Gasteiger charge is -2.20. The predicted molar refractivity (Wildman–Crippen MR) is 98.1 cm³/mol. The first-order valence-electron chi connectivity index (χ1n) is 8.26. The zero-order valence-electron chi connectivity index (χ0n) is 15.3. The highest BCUT2D eigenvalue weighted by molar-refractivity contribution is 6.30. The first-order valence-corrected chi connectivity index (χ1v) is 8.64. The number of amides is 2. The van der Waals surface area contributed by atoms with Gasteiger partial charge in [-0.3, -0.25) is 4.79 Å². The molecule has 6 nitrogen and oxygen atoms in total. The van der Waals surface area contributed by atoms with E-state index in [0.29, 0.717) is 43.3 Å². The van der Waals surface area contributed by atoms with Gasteiger partial charge in [-0.15, -0.1) is 0 Å². The quantitative estimate of drug-likeness (QED) is 0.711. The number of rotatable bonds is 8. The van der Waals surface area contributed by atoms with Crippen LogP contribution in [0.1, 0.15) is 33.6 Å². The molecule has 1 aromatic carbocycles. The summed E-state index contributed by atoms with van der Waals surface area (Å²) >= 11 is 5.81. The Balaban J connectivity index is 2.15. The Hall–Kier alpha value is -1.95. The van der Waals surface area contributed by atoms with Crippen LogP contribution in [0.3, 0.4) is 0 Å². The number of hydrogen-bond acceptors (Lipinski definition) is 4. The summed E-state index contributed by atoms with van der Waals surface area (Å²) in [6.45, 7) is 6.70. The number of nitrogens with one attached hydrogen (secondary N) is 1. The fourth-order valence-corrected chi connectivity index (χ4v) is 2.02. The van der Waals surface area contributed by atoms with Crippen LogP contribution in [0.4, 0.5) is 4.79 Å². The molecule has 0 aromatic heterocycles. The van der Waals surface area contributed by atoms with Crippen molar-refractivity contribution in [3.05, 3.63) is 29.3 Å². The van der Waals surface area contributed by atoms with Gasteiger partial charge in [0.1, 0.15) is 18.0 Å². The van der Waals surface area contributed by atoms with E-state index in [-0.39, 0.29) is 5.91 Å². The summed E-state index contributed by atoms with van der Waals surface area (Å²) in [5, 5.41) is 3.29. The zero-order chi connectivity index (χ0) is 18.9. The van der Waals surface area contributed by atoms with Gasteiger partial charge in [0.05, 0.1) is 6.54 Å². The molecule has 140 valence electrons. The van der Waals surface area contributed by atoms with Crippen LogP contribution in [0.25, 0.3) is 0 Å². The van der Waals surface area contributed by atoms with Gasteiger partial charge >= 0.3 is 6.09 Å². The molecule has 0 fully saturated rings. The third-order valence-electron chi connectivity index (χ3n) is 3.17. The van der Waals surface area contributed by atoms with Gasteiger partial charge < -0.3 is 19.7 Å². The largest absolute Gasteiger partial charge is 0.492 e. The van der Waals surface area contributed by atoms with Crippen molar-refractivity contribution in [3.8, 4) is 5.75 Å². The zero-order valence-corrected chi connectivity index (χ0v) is 16.1. The number of nitrogens with zero attached hydrogens (tertiary/aromatic N) is 1. The van der Waals surface area contributed by atoms with Gasteiger partial charge in [0.15, 0.2) is 0 Å². The molecule has 0 saturated heterocycles. The molecule has 0 spiro atoms. The highest BCUT2D eigenvalue weighted by Gasteiger charge is 2.15. The minimum absolute atomic E-state index is 0.00527. The second-order valence-electron chi connectivity index (χ2n) is 6.65. The van der Waals surface area contributed by atoms with Gasteiger partial charge in [-0.05, 0) is 51.5 Å². The fourth-order valence-electron chi connectivity index (χ4n) is 1.89. The van der Waals surface area contributed by atoms with Crippen LogP contribution >= 0.6 is 11.6 Å². The monoisotopic (exact) mass is 370 g/mol. The molecule has 0 unspecified atom stereocenters. The molecule has 0 atom stereocenters. The second-order valence-corrected chi connectivity index (χ2v) is 7.09. The maximum Gasteiger partial charge on any atom is 0.407 e. The van der Waals surface area contributed by atoms with Crippen molar-refractivity contribution in [1.29, 1.82) is 0 Å². The number of likely N-dealkylation sites (N-methyl/N-ethyl adjacent to an activating group) is 1. The van der Waals surface area contributed by atoms with E-state index in [0.717, 1.165) is 0 Å². The molecule has 0 radical (unpaired) electrons. The second kappa shape index (κ2) is 10.1. The molecule has 0 aliphatic carbocycles. The van der Waals surface area contributed by atoms with E-state index in [1.54, 1.807) is 57.0 Å². The summed E-state index contributed by atoms with van der Waals surface area (Å²) < 4.78 is 10.7. The smallest absolute Gasteiger partial charge is 0.407 e. The number of carbonyl (C=O) groups is 2. The Morgan fingerprint density at radius 3 is 2.44 bits per heavy atom. The maximum atomic E-state index is 12.0. The van der Waals surface area contributed by atoms with Gasteiger partial charge in [-0.2, -0.15) is 0 Å². The predicted octanol–water partition coefficient (Wildman–Crippen LogP) is 3.48. The van der Waals surface area contributed by atoms with Gasteiger partial charge in [0.2, 0.25) is 5.91 Å². The van der Waals surface area contributed by atoms with E-state index < -0.39 is 11.7 Å². The number of hydrogen-bond donors (Lipinski definition) is 1. The van der Waals surface area contributed by atoms with Gasteiger partial charge in [-0.25, -0.2) is 4.79 Å². The highest BCUT2D eigenvalue weighted by Crippen LogP contribution is 2.15. The van der Waals surface area contributed by atoms with Crippen LogP contribution in [-0.2, 0) is 9.53 Å². The van der Waals surface area contributed by atoms with Crippen LogP contribution in [-0.4, -0.2) is 49.2 Å². The van der Waals surface area contributed by atoms with Crippen LogP contribution in [0.5, 0.6) is 5.75 Å². The van der Waals surface area contributed by atoms with Crippen LogP contribution in [0, 0.1) is 0 Å². The van der Waals surface area contributed by atoms with Crippen molar-refractivity contribution < 1.29 is 19.1 Å². The Labute approximate surface area is 154 Å². The van der Waals surface area contributed by atoms with Crippen LogP contribution in [0.15, 0.2) is 24.3 Å². The Morgan fingerprint density at radius 2 is 1.84 bits per heavy atom. The standard InChI is InChI=1S/C18H27ClN2O4/c1-18(2,3)25-17(23)20-11-5-6-16(22)21(4)12-13-24-15-9-7-14(19)8-10-15/h7-10H,5-6,11-13H2,1-4H3,(H,20,23). The molecule has 0 aliphatic heterocycles. The first-order chi connectivity index (χ1) is 11.7. The van der Waals surface area contributed by atoms with E-state index >= 15 is 0 Å². The number of alkyl carbamates (subject to hydrolysis) is 1. The molecule has 0 heterocycles. The molecule has 0 aliphatic rings. The summed E-state index contributed by atoms with van der Waals surface area (Å²) in [5.74, 6) is 0.720. The normalized spacial score (nSPS) is 10.9. The molecule has 25 heavy (non-hydrogen) atoms. The average Bonchev–Trinajstić information content (AvgIpc) is 2.51. The minimum atomic E-state index is -0.524. The molecule has 1 aromatic rings. The maximum absolute atomic E-state index is 12.0. The SMILES string of the molecule is CN(CCOc1ccc(Cl)cc1)C(=O)CCCNC(=O)OC(C)(C)C. The first kappa shape index (κ1) is 21.1. The topological polar surface area (TPSA) is 67.9 Å². The Kier molecular flexibility index (Phi) is 8.55. The Bertz CT molecular complexity index is 555. The van der Waals surface area contributed by atoms with Gasteiger partial charge in [-0.1, -0.05) is 11.6 Å². The van der Waals surface area contributed by atoms with Crippen molar-refractivity contribution in [1.82, 2.24) is 10.2 Å². The van der Waals surface area contributed by atoms with Crippen molar-refractivity contribution in [2.45, 2.75) is 39.2 Å². The lowest BCUT2D eigenvalue weighted by atomic mass is 10.2. The van der Waals surface area contributed by atoms with Crippen molar-refractivity contribution in [2.75, 3.05) is 26.7 Å². The summed E-state index contributed by atoms with van der Waals surface area (Å²) in [6, 6.07) is 7.08. The Morgan fingerprint density at radius 1 is 1.20 bits per heavy atom. The average molecular weight is 371 g/mol. The molecular formula is C18H27ClN2O4. The van der Waals surface area contributed by atoms with E-state index in [1.807, 2.05) is 0 Å². The minimum Gasteiger partial charge on any atom is -0.492 e. The summed E-state index contributed by atoms with van der Waals surface area (Å²) in [4.78, 5) is 25.1. The van der Waals surface area contributed by atoms with Crippen LogP contribution in [0.2, 0.25) is 5.02 Å². The number of halogens is 1. The lowest BCUT2D eigenvalue weighted by Crippen LogP contribution is -2.34. The van der Waals surface area contributed by atoms with E-state index in [4.69, 9.17) is 21.1 Å². The lowest BCUT2D eigenvalue weighted by molar-refractivity contribution is -0.130. The molecule has 0 saturated carbocycles. The highest BCUT2D eigenvalue weighted by atomic mass is 35.5. The summed E-state index contributed by atoms with van der Waals surface area (Å²) in [7, 11) is 1.73. The van der Waals surface area contributed by atoms with Gasteiger partial charge in [0, 0.05) is 25.0 Å². The fraction of sp³-hybridized carbons (Fsp3) is 0.556. The molecule has 7 heteroatoms. The van der Waals surface area contributed by atoms with E-state index in [2.05, 4.69) is 5.32 Å². The van der Waals surface area contributed by atoms with Crippen LogP contribution < -0.4 is 10.1 Å². The molecule has 2 amide bonds. The third kappa shape index (κ3) is 9.82. The number of carbonyl (C=O) groups excluding carboxylic acids is 2. The number of ether oxygens (including phenoxy) is 2.